The van der Waals surface area contributed by atoms with Crippen molar-refractivity contribution >= 4 is 5.78 Å². The highest BCUT2D eigenvalue weighted by molar-refractivity contribution is 6.07. The van der Waals surface area contributed by atoms with Crippen LogP contribution >= 0.6 is 0 Å². The minimum atomic E-state index is -0.166. The summed E-state index contributed by atoms with van der Waals surface area (Å²) in [5, 5.41) is 0. The molecule has 1 heterocycles. The lowest BCUT2D eigenvalue weighted by Gasteiger charge is -2.06. The molecule has 2 rings (SSSR count). The first kappa shape index (κ1) is 13.4. The summed E-state index contributed by atoms with van der Waals surface area (Å²) in [6, 6.07) is 8.73. The van der Waals surface area contributed by atoms with Crippen LogP contribution in [0.3, 0.4) is 0 Å². The molecule has 4 heteroatoms. The number of furan rings is 1. The molecule has 0 bridgehead atoms. The van der Waals surface area contributed by atoms with E-state index in [4.69, 9.17) is 13.9 Å². The summed E-state index contributed by atoms with van der Waals surface area (Å²) in [6.07, 6.45) is 0. The Kier molecular flexibility index (Phi) is 4.02. The average molecular weight is 260 g/mol. The molecular weight excluding hydrogens is 244 g/mol. The fourth-order valence-corrected chi connectivity index (χ4v) is 1.82. The highest BCUT2D eigenvalue weighted by atomic mass is 16.5. The number of carbonyl (C=O) groups excluding carboxylic acids is 1. The molecule has 19 heavy (non-hydrogen) atoms. The van der Waals surface area contributed by atoms with Gasteiger partial charge in [-0.15, -0.1) is 0 Å². The van der Waals surface area contributed by atoms with E-state index in [0.29, 0.717) is 29.4 Å². The van der Waals surface area contributed by atoms with Gasteiger partial charge in [-0.2, -0.15) is 0 Å². The van der Waals surface area contributed by atoms with Gasteiger partial charge in [-0.1, -0.05) is 12.1 Å². The number of benzene rings is 1. The zero-order valence-corrected chi connectivity index (χ0v) is 11.2. The molecule has 1 aromatic carbocycles. The fourth-order valence-electron chi connectivity index (χ4n) is 1.82. The van der Waals surface area contributed by atoms with Gasteiger partial charge in [-0.3, -0.25) is 4.79 Å². The van der Waals surface area contributed by atoms with Gasteiger partial charge >= 0.3 is 0 Å². The quantitative estimate of drug-likeness (QED) is 0.775. The normalized spacial score (nSPS) is 10.5. The van der Waals surface area contributed by atoms with Crippen molar-refractivity contribution in [3.63, 3.8) is 0 Å². The third-order valence-electron chi connectivity index (χ3n) is 2.84. The van der Waals surface area contributed by atoms with E-state index in [-0.39, 0.29) is 5.78 Å². The van der Waals surface area contributed by atoms with Gasteiger partial charge in [0.15, 0.2) is 5.76 Å². The Morgan fingerprint density at radius 1 is 1.21 bits per heavy atom. The van der Waals surface area contributed by atoms with Crippen molar-refractivity contribution in [3.8, 4) is 5.75 Å². The molecule has 0 spiro atoms. The molecule has 4 nitrogen and oxygen atoms in total. The third-order valence-corrected chi connectivity index (χ3v) is 2.84. The second kappa shape index (κ2) is 5.71. The summed E-state index contributed by atoms with van der Waals surface area (Å²) in [5.74, 6) is 1.46. The van der Waals surface area contributed by atoms with E-state index in [9.17, 15) is 4.79 Å². The van der Waals surface area contributed by atoms with E-state index in [0.717, 1.165) is 5.56 Å². The van der Waals surface area contributed by atoms with Gasteiger partial charge in [0.2, 0.25) is 5.78 Å². The Balaban J connectivity index is 2.27. The minimum Gasteiger partial charge on any atom is -0.496 e. The number of hydrogen-bond acceptors (Lipinski definition) is 4. The van der Waals surface area contributed by atoms with Crippen LogP contribution in [0.4, 0.5) is 0 Å². The number of carbonyl (C=O) groups is 1. The van der Waals surface area contributed by atoms with E-state index < -0.39 is 0 Å². The minimum absolute atomic E-state index is 0.166. The SMILES string of the molecule is COCc1ccc(C(=O)c2ccc(C)c(OC)c2)o1. The average Bonchev–Trinajstić information content (AvgIpc) is 2.87. The number of aryl methyl sites for hydroxylation is 1. The molecule has 2 aromatic rings. The molecular formula is C15H16O4. The van der Waals surface area contributed by atoms with Crippen LogP contribution in [0.5, 0.6) is 5.75 Å². The molecule has 100 valence electrons. The van der Waals surface area contributed by atoms with E-state index in [2.05, 4.69) is 0 Å². The second-order valence-corrected chi connectivity index (χ2v) is 4.21. The maximum absolute atomic E-state index is 12.3. The van der Waals surface area contributed by atoms with Crippen LogP contribution < -0.4 is 4.74 Å². The lowest BCUT2D eigenvalue weighted by atomic mass is 10.1. The van der Waals surface area contributed by atoms with Crippen LogP contribution in [0.15, 0.2) is 34.7 Å². The van der Waals surface area contributed by atoms with Crippen LogP contribution in [0, 0.1) is 6.92 Å². The zero-order valence-electron chi connectivity index (χ0n) is 11.2. The van der Waals surface area contributed by atoms with Crippen molar-refractivity contribution < 1.29 is 18.7 Å². The fraction of sp³-hybridized carbons (Fsp3) is 0.267. The topological polar surface area (TPSA) is 48.7 Å². The Bertz CT molecular complexity index is 584. The van der Waals surface area contributed by atoms with Crippen LogP contribution in [0.1, 0.15) is 27.4 Å². The first-order valence-corrected chi connectivity index (χ1v) is 5.92. The first-order chi connectivity index (χ1) is 9.15. The van der Waals surface area contributed by atoms with Crippen molar-refractivity contribution in [2.45, 2.75) is 13.5 Å². The summed E-state index contributed by atoms with van der Waals surface area (Å²) < 4.78 is 15.6. The maximum Gasteiger partial charge on any atom is 0.228 e. The van der Waals surface area contributed by atoms with Gasteiger partial charge in [0, 0.05) is 12.7 Å². The van der Waals surface area contributed by atoms with Gasteiger partial charge in [0.05, 0.1) is 7.11 Å². The Labute approximate surface area is 111 Å². The molecule has 0 aliphatic carbocycles. The Morgan fingerprint density at radius 2 is 2.00 bits per heavy atom. The van der Waals surface area contributed by atoms with E-state index in [1.54, 1.807) is 38.5 Å². The number of rotatable bonds is 5. The van der Waals surface area contributed by atoms with Gasteiger partial charge < -0.3 is 13.9 Å². The molecule has 0 aliphatic heterocycles. The predicted molar refractivity (Wildman–Crippen MR) is 70.6 cm³/mol. The molecule has 0 atom stereocenters. The van der Waals surface area contributed by atoms with Crippen LogP contribution in [-0.4, -0.2) is 20.0 Å². The molecule has 0 N–H and O–H groups in total. The van der Waals surface area contributed by atoms with Gasteiger partial charge in [0.1, 0.15) is 18.1 Å². The Morgan fingerprint density at radius 3 is 2.68 bits per heavy atom. The Hall–Kier alpha value is -2.07. The smallest absolute Gasteiger partial charge is 0.228 e. The molecule has 0 unspecified atom stereocenters. The lowest BCUT2D eigenvalue weighted by Crippen LogP contribution is -2.01. The molecule has 0 aliphatic rings. The summed E-state index contributed by atoms with van der Waals surface area (Å²) in [6.45, 7) is 2.28. The van der Waals surface area contributed by atoms with Crippen LogP contribution in [0.2, 0.25) is 0 Å². The highest BCUT2D eigenvalue weighted by Gasteiger charge is 2.15. The monoisotopic (exact) mass is 260 g/mol. The van der Waals surface area contributed by atoms with E-state index in [1.807, 2.05) is 13.0 Å². The molecule has 0 amide bonds. The standard InChI is InChI=1S/C15H16O4/c1-10-4-5-11(8-14(10)18-3)15(16)13-7-6-12(19-13)9-17-2/h4-8H,9H2,1-3H3. The van der Waals surface area contributed by atoms with Gasteiger partial charge in [-0.05, 0) is 30.7 Å². The van der Waals surface area contributed by atoms with Gasteiger partial charge in [-0.25, -0.2) is 0 Å². The second-order valence-electron chi connectivity index (χ2n) is 4.21. The first-order valence-electron chi connectivity index (χ1n) is 5.92. The van der Waals surface area contributed by atoms with Crippen molar-refractivity contribution in [1.82, 2.24) is 0 Å². The summed E-state index contributed by atoms with van der Waals surface area (Å²) in [5.41, 5.74) is 1.53. The molecule has 0 fully saturated rings. The molecule has 0 saturated carbocycles. The van der Waals surface area contributed by atoms with E-state index >= 15 is 0 Å². The predicted octanol–water partition coefficient (Wildman–Crippen LogP) is 2.97. The highest BCUT2D eigenvalue weighted by Crippen LogP contribution is 2.21. The zero-order chi connectivity index (χ0) is 13.8. The number of hydrogen-bond donors (Lipinski definition) is 0. The third kappa shape index (κ3) is 2.85. The van der Waals surface area contributed by atoms with Crippen molar-refractivity contribution in [2.75, 3.05) is 14.2 Å². The number of ketones is 1. The van der Waals surface area contributed by atoms with Crippen LogP contribution in [-0.2, 0) is 11.3 Å². The summed E-state index contributed by atoms with van der Waals surface area (Å²) >= 11 is 0. The lowest BCUT2D eigenvalue weighted by molar-refractivity contribution is 0.0999. The van der Waals surface area contributed by atoms with Crippen LogP contribution in [0.25, 0.3) is 0 Å². The van der Waals surface area contributed by atoms with Crippen molar-refractivity contribution in [3.05, 3.63) is 53.0 Å². The van der Waals surface area contributed by atoms with Crippen molar-refractivity contribution in [1.29, 1.82) is 0 Å². The maximum atomic E-state index is 12.3. The summed E-state index contributed by atoms with van der Waals surface area (Å²) in [4.78, 5) is 12.3. The molecule has 0 saturated heterocycles. The largest absolute Gasteiger partial charge is 0.496 e. The molecule has 0 radical (unpaired) electrons. The number of ether oxygens (including phenoxy) is 2. The summed E-state index contributed by atoms with van der Waals surface area (Å²) in [7, 11) is 3.16. The van der Waals surface area contributed by atoms with E-state index in [1.165, 1.54) is 0 Å². The number of methoxy groups -OCH3 is 2. The van der Waals surface area contributed by atoms with Crippen molar-refractivity contribution in [2.24, 2.45) is 0 Å². The van der Waals surface area contributed by atoms with Gasteiger partial charge in [0.25, 0.3) is 0 Å². The molecule has 1 aromatic heterocycles.